The third kappa shape index (κ3) is 14.3. The number of amides is 1. The molecular formula is C51H79NO13. The van der Waals surface area contributed by atoms with Crippen LogP contribution in [0.5, 0.6) is 0 Å². The number of esters is 1. The van der Waals surface area contributed by atoms with E-state index < -0.39 is 83.9 Å². The van der Waals surface area contributed by atoms with Crippen molar-refractivity contribution in [2.75, 3.05) is 27.9 Å². The van der Waals surface area contributed by atoms with E-state index in [0.29, 0.717) is 63.4 Å². The minimum absolute atomic E-state index is 0.0193. The number of nitrogens with zero attached hydrogens (tertiary/aromatic N) is 1. The highest BCUT2D eigenvalue weighted by atomic mass is 16.6. The third-order valence-corrected chi connectivity index (χ3v) is 14.5. The monoisotopic (exact) mass is 914 g/mol. The molecule has 3 N–H and O–H groups in total. The van der Waals surface area contributed by atoms with Gasteiger partial charge in [0.05, 0.1) is 24.4 Å². The molecule has 1 saturated carbocycles. The summed E-state index contributed by atoms with van der Waals surface area (Å²) in [6.45, 7) is 12.7. The predicted octanol–water partition coefficient (Wildman–Crippen LogP) is 6.18. The first-order valence-corrected chi connectivity index (χ1v) is 23.9. The molecule has 15 atom stereocenters. The lowest BCUT2D eigenvalue weighted by Crippen LogP contribution is -2.61. The molecule has 3 fully saturated rings. The van der Waals surface area contributed by atoms with E-state index in [9.17, 15) is 39.3 Å². The molecule has 366 valence electrons. The van der Waals surface area contributed by atoms with Gasteiger partial charge < -0.3 is 43.9 Å². The van der Waals surface area contributed by atoms with E-state index in [2.05, 4.69) is 0 Å². The maximum atomic E-state index is 14.4. The molecule has 8 unspecified atom stereocenters. The van der Waals surface area contributed by atoms with Gasteiger partial charge in [-0.25, -0.2) is 4.79 Å². The molecule has 0 radical (unpaired) electrons. The number of allylic oxidation sites excluding steroid dienone is 6. The van der Waals surface area contributed by atoms with Gasteiger partial charge in [0.2, 0.25) is 5.79 Å². The Bertz CT molecular complexity index is 1760. The average Bonchev–Trinajstić information content (AvgIpc) is 3.28. The van der Waals surface area contributed by atoms with Gasteiger partial charge in [0.1, 0.15) is 30.1 Å². The van der Waals surface area contributed by atoms with Crippen LogP contribution in [0, 0.1) is 35.5 Å². The van der Waals surface area contributed by atoms with E-state index in [1.807, 2.05) is 58.1 Å². The molecule has 0 aromatic rings. The zero-order chi connectivity index (χ0) is 48.2. The van der Waals surface area contributed by atoms with E-state index in [-0.39, 0.29) is 54.8 Å². The second kappa shape index (κ2) is 25.1. The number of aliphatic hydroxyl groups is 3. The number of methoxy groups -OCH3 is 3. The Balaban J connectivity index is 1.70. The first-order valence-electron chi connectivity index (χ1n) is 23.9. The molecule has 1 amide bonds. The van der Waals surface area contributed by atoms with Crippen molar-refractivity contribution in [3.8, 4) is 0 Å². The molecule has 4 rings (SSSR count). The standard InChI is InChI=1S/C51H79NO13/c1-30-16-12-11-13-17-31(2)42(61-8)28-38-21-19-36(7)51(60,65-38)48(57)49(58)52-23-15-14-18-39(52)50(59)64-43(33(4)26-37-20-22-40(53)44(27-37)62-9)29-41(54)32(3)25-35(6)46(56)47(63-10)45(55)34(5)24-30/h11-13,16-17,25,30,32-34,36-40,42-44,46-47,53,56,60H,14-15,18-24,26-29H2,1-10H3/b13-11+,16-12+,31-17+,35-25+/t30-,32?,33-,34?,36?,37?,38+,39?,40-,42+,43+,44?,46-,47?,51?/m1/s1. The summed E-state index contributed by atoms with van der Waals surface area (Å²) >= 11 is 0. The number of carbonyl (C=O) groups excluding carboxylic acids is 5. The third-order valence-electron chi connectivity index (χ3n) is 14.5. The SMILES string of the molecule is COC1CC(C[C@@H](C)[C@@H]2CC(=O)C(C)/C=C(\C)[C@@H](O)C(OC)C(=O)C(C)C[C@H](C)/C=C/C=C/C=C(\C)[C@@H](OC)C[C@@H]3CCC(C)C(O)(O3)C(=O)C(=O)N3CCCCC3C(=O)O2)CC[C@H]1O. The lowest BCUT2D eigenvalue weighted by molar-refractivity contribution is -0.265. The average molecular weight is 914 g/mol. The molecule has 2 saturated heterocycles. The molecule has 65 heavy (non-hydrogen) atoms. The van der Waals surface area contributed by atoms with Crippen molar-refractivity contribution < 1.29 is 63.0 Å². The second-order valence-corrected chi connectivity index (χ2v) is 19.6. The van der Waals surface area contributed by atoms with Crippen LogP contribution in [0.4, 0.5) is 0 Å². The molecule has 3 heterocycles. The van der Waals surface area contributed by atoms with Gasteiger partial charge in [-0.2, -0.15) is 0 Å². The lowest BCUT2D eigenvalue weighted by Gasteiger charge is -2.42. The number of cyclic esters (lactones) is 1. The summed E-state index contributed by atoms with van der Waals surface area (Å²) in [6, 6.07) is -1.14. The Morgan fingerprint density at radius 1 is 0.846 bits per heavy atom. The maximum Gasteiger partial charge on any atom is 0.329 e. The topological polar surface area (TPSA) is 195 Å². The molecule has 0 spiro atoms. The van der Waals surface area contributed by atoms with Crippen molar-refractivity contribution in [3.05, 3.63) is 47.6 Å². The molecule has 14 nitrogen and oxygen atoms in total. The number of hydrogen-bond donors (Lipinski definition) is 3. The minimum Gasteiger partial charge on any atom is -0.460 e. The van der Waals surface area contributed by atoms with Crippen LogP contribution in [0.2, 0.25) is 0 Å². The number of rotatable bonds is 6. The molecule has 3 aliphatic heterocycles. The number of fused-ring (bicyclic) bond motifs is 3. The number of ether oxygens (including phenoxy) is 5. The molecule has 0 aromatic heterocycles. The number of piperidine rings is 1. The summed E-state index contributed by atoms with van der Waals surface area (Å²) in [6.07, 6.45) is 11.2. The summed E-state index contributed by atoms with van der Waals surface area (Å²) in [7, 11) is 4.52. The minimum atomic E-state index is -2.43. The quantitative estimate of drug-likeness (QED) is 0.156. The van der Waals surface area contributed by atoms with E-state index in [1.165, 1.54) is 12.0 Å². The van der Waals surface area contributed by atoms with Crippen molar-refractivity contribution >= 4 is 29.2 Å². The fourth-order valence-electron chi connectivity index (χ4n) is 10.1. The Kier molecular flexibility index (Phi) is 21.0. The Hall–Kier alpha value is -3.37. The van der Waals surface area contributed by atoms with Gasteiger partial charge >= 0.3 is 5.97 Å². The largest absolute Gasteiger partial charge is 0.460 e. The molecule has 4 aliphatic rings. The van der Waals surface area contributed by atoms with Crippen molar-refractivity contribution in [1.82, 2.24) is 4.90 Å². The Labute approximate surface area is 387 Å². The van der Waals surface area contributed by atoms with Crippen LogP contribution in [0.25, 0.3) is 0 Å². The van der Waals surface area contributed by atoms with E-state index in [0.717, 1.165) is 12.0 Å². The highest BCUT2D eigenvalue weighted by Crippen LogP contribution is 2.38. The normalized spacial score (nSPS) is 40.4. The van der Waals surface area contributed by atoms with E-state index in [4.69, 9.17) is 23.7 Å². The zero-order valence-electron chi connectivity index (χ0n) is 40.6. The summed E-state index contributed by atoms with van der Waals surface area (Å²) in [5.41, 5.74) is 1.27. The predicted molar refractivity (Wildman–Crippen MR) is 245 cm³/mol. The number of Topliss-reactive ketones (excluding diaryl/α,β-unsaturated/α-hetero) is 3. The Morgan fingerprint density at radius 2 is 1.57 bits per heavy atom. The van der Waals surface area contributed by atoms with Crippen LogP contribution >= 0.6 is 0 Å². The first kappa shape index (κ1) is 54.2. The first-order chi connectivity index (χ1) is 30.7. The van der Waals surface area contributed by atoms with Crippen LogP contribution in [-0.2, 0) is 47.7 Å². The van der Waals surface area contributed by atoms with Crippen molar-refractivity contribution in [3.63, 3.8) is 0 Å². The van der Waals surface area contributed by atoms with Crippen LogP contribution in [0.1, 0.15) is 126 Å². The van der Waals surface area contributed by atoms with Crippen molar-refractivity contribution in [1.29, 1.82) is 0 Å². The van der Waals surface area contributed by atoms with Gasteiger partial charge in [0.15, 0.2) is 5.78 Å². The highest BCUT2D eigenvalue weighted by molar-refractivity contribution is 6.39. The van der Waals surface area contributed by atoms with Crippen LogP contribution in [-0.4, -0.2) is 132 Å². The molecule has 0 aromatic carbocycles. The molecular weight excluding hydrogens is 835 g/mol. The van der Waals surface area contributed by atoms with Gasteiger partial charge in [-0.05, 0) is 107 Å². The molecule has 1 aliphatic carbocycles. The number of aliphatic hydroxyl groups excluding tert-OH is 2. The maximum absolute atomic E-state index is 14.4. The number of carbonyl (C=O) groups is 5. The van der Waals surface area contributed by atoms with Crippen LogP contribution < -0.4 is 0 Å². The van der Waals surface area contributed by atoms with Crippen LogP contribution in [0.15, 0.2) is 47.6 Å². The second-order valence-electron chi connectivity index (χ2n) is 19.6. The lowest BCUT2D eigenvalue weighted by atomic mass is 9.78. The molecule has 2 bridgehead atoms. The molecule has 14 heteroatoms. The van der Waals surface area contributed by atoms with Crippen LogP contribution in [0.3, 0.4) is 0 Å². The number of ketones is 3. The summed E-state index contributed by atoms with van der Waals surface area (Å²) in [5, 5.41) is 33.8. The Morgan fingerprint density at radius 3 is 2.25 bits per heavy atom. The van der Waals surface area contributed by atoms with Gasteiger partial charge in [0.25, 0.3) is 11.7 Å². The fourth-order valence-corrected chi connectivity index (χ4v) is 10.1. The fraction of sp³-hybridized carbons (Fsp3) is 0.745. The highest BCUT2D eigenvalue weighted by Gasteiger charge is 2.53. The van der Waals surface area contributed by atoms with Crippen molar-refractivity contribution in [2.24, 2.45) is 35.5 Å². The number of hydrogen-bond acceptors (Lipinski definition) is 13. The van der Waals surface area contributed by atoms with Gasteiger partial charge in [-0.15, -0.1) is 0 Å². The smallest absolute Gasteiger partial charge is 0.329 e. The van der Waals surface area contributed by atoms with Gasteiger partial charge in [0, 0.05) is 58.5 Å². The van der Waals surface area contributed by atoms with E-state index >= 15 is 0 Å². The van der Waals surface area contributed by atoms with Gasteiger partial charge in [-0.1, -0.05) is 71.1 Å². The summed E-state index contributed by atoms with van der Waals surface area (Å²) in [4.78, 5) is 71.8. The van der Waals surface area contributed by atoms with E-state index in [1.54, 1.807) is 41.1 Å². The summed E-state index contributed by atoms with van der Waals surface area (Å²) < 4.78 is 29.4. The zero-order valence-corrected chi connectivity index (χ0v) is 40.6. The summed E-state index contributed by atoms with van der Waals surface area (Å²) in [5.74, 6) is -7.96. The van der Waals surface area contributed by atoms with Crippen molar-refractivity contribution in [2.45, 2.75) is 180 Å². The van der Waals surface area contributed by atoms with Gasteiger partial charge in [-0.3, -0.25) is 19.2 Å².